The molecule has 0 bridgehead atoms. The molecule has 0 saturated heterocycles. The first-order valence-electron chi connectivity index (χ1n) is 3.26. The lowest BCUT2D eigenvalue weighted by Crippen LogP contribution is -2.28. The summed E-state index contributed by atoms with van der Waals surface area (Å²) >= 11 is 0. The molecule has 0 radical (unpaired) electrons. The van der Waals surface area contributed by atoms with E-state index in [-0.39, 0.29) is 11.4 Å². The second-order valence-electron chi connectivity index (χ2n) is 2.28. The number of rotatable bonds is 0. The molecule has 0 heterocycles. The van der Waals surface area contributed by atoms with Gasteiger partial charge in [0.25, 0.3) is 0 Å². The largest absolute Gasteiger partial charge is 0.411 e. The monoisotopic (exact) mass is 156 g/mol. The van der Waals surface area contributed by atoms with Crippen LogP contribution in [0.1, 0.15) is 19.3 Å². The third-order valence-corrected chi connectivity index (χ3v) is 1.59. The molecule has 1 saturated carbocycles. The second kappa shape index (κ2) is 3.14. The summed E-state index contributed by atoms with van der Waals surface area (Å²) in [6.07, 6.45) is 1.59. The van der Waals surface area contributed by atoms with Crippen molar-refractivity contribution in [3.8, 4) is 0 Å². The molecule has 5 nitrogen and oxygen atoms in total. The SMILES string of the molecule is O=C1/C(=N/O)CCC/C1=N\O. The highest BCUT2D eigenvalue weighted by Crippen LogP contribution is 2.09. The third-order valence-electron chi connectivity index (χ3n) is 1.59. The van der Waals surface area contributed by atoms with Gasteiger partial charge >= 0.3 is 0 Å². The molecule has 0 aromatic rings. The number of oxime groups is 2. The molecule has 1 aliphatic rings. The summed E-state index contributed by atoms with van der Waals surface area (Å²) in [4.78, 5) is 11.0. The van der Waals surface area contributed by atoms with Gasteiger partial charge in [0.1, 0.15) is 11.4 Å². The van der Waals surface area contributed by atoms with E-state index < -0.39 is 5.78 Å². The number of nitrogens with zero attached hydrogens (tertiary/aromatic N) is 2. The lowest BCUT2D eigenvalue weighted by molar-refractivity contribution is -0.108. The Kier molecular flexibility index (Phi) is 2.20. The number of carbonyl (C=O) groups excluding carboxylic acids is 1. The van der Waals surface area contributed by atoms with Crippen LogP contribution in [0, 0.1) is 0 Å². The first-order valence-corrected chi connectivity index (χ1v) is 3.26. The Balaban J connectivity index is 2.84. The lowest BCUT2D eigenvalue weighted by Gasteiger charge is -2.09. The number of hydrogen-bond donors (Lipinski definition) is 2. The summed E-state index contributed by atoms with van der Waals surface area (Å²) in [7, 11) is 0. The molecule has 0 aromatic carbocycles. The average Bonchev–Trinajstić information content (AvgIpc) is 2.05. The summed E-state index contributed by atoms with van der Waals surface area (Å²) < 4.78 is 0. The predicted octanol–water partition coefficient (Wildman–Crippen LogP) is 0.400. The van der Waals surface area contributed by atoms with E-state index in [1.54, 1.807) is 0 Å². The van der Waals surface area contributed by atoms with Crippen LogP contribution in [0.15, 0.2) is 10.3 Å². The van der Waals surface area contributed by atoms with Gasteiger partial charge in [-0.1, -0.05) is 10.3 Å². The van der Waals surface area contributed by atoms with E-state index in [1.165, 1.54) is 0 Å². The minimum atomic E-state index is -0.457. The molecule has 1 aliphatic carbocycles. The zero-order chi connectivity index (χ0) is 8.27. The van der Waals surface area contributed by atoms with Crippen LogP contribution >= 0.6 is 0 Å². The van der Waals surface area contributed by atoms with Gasteiger partial charge in [-0.25, -0.2) is 0 Å². The summed E-state index contributed by atoms with van der Waals surface area (Å²) in [5.41, 5.74) is 0.146. The molecule has 60 valence electrons. The first-order chi connectivity index (χ1) is 5.29. The van der Waals surface area contributed by atoms with E-state index in [0.29, 0.717) is 19.3 Å². The molecular formula is C6H8N2O3. The van der Waals surface area contributed by atoms with Gasteiger partial charge in [0, 0.05) is 0 Å². The highest BCUT2D eigenvalue weighted by Gasteiger charge is 2.24. The predicted molar refractivity (Wildman–Crippen MR) is 37.3 cm³/mol. The molecular weight excluding hydrogens is 148 g/mol. The molecule has 5 heteroatoms. The highest BCUT2D eigenvalue weighted by molar-refractivity contribution is 6.67. The normalized spacial score (nSPS) is 26.4. The summed E-state index contributed by atoms with van der Waals surface area (Å²) in [6, 6.07) is 0. The van der Waals surface area contributed by atoms with Crippen LogP contribution in [0.4, 0.5) is 0 Å². The van der Waals surface area contributed by atoms with Crippen molar-refractivity contribution < 1.29 is 15.2 Å². The van der Waals surface area contributed by atoms with Crippen LogP contribution in [0.5, 0.6) is 0 Å². The quantitative estimate of drug-likeness (QED) is 0.393. The van der Waals surface area contributed by atoms with Crippen LogP contribution in [0.3, 0.4) is 0 Å². The van der Waals surface area contributed by atoms with Crippen molar-refractivity contribution in [2.75, 3.05) is 0 Å². The van der Waals surface area contributed by atoms with Gasteiger partial charge in [-0.15, -0.1) is 0 Å². The van der Waals surface area contributed by atoms with Gasteiger partial charge < -0.3 is 10.4 Å². The molecule has 1 fully saturated rings. The van der Waals surface area contributed by atoms with E-state index in [4.69, 9.17) is 10.4 Å². The van der Waals surface area contributed by atoms with E-state index in [2.05, 4.69) is 10.3 Å². The molecule has 11 heavy (non-hydrogen) atoms. The Morgan fingerprint density at radius 2 is 1.55 bits per heavy atom. The van der Waals surface area contributed by atoms with Crippen LogP contribution in [0.2, 0.25) is 0 Å². The van der Waals surface area contributed by atoms with Gasteiger partial charge in [0.2, 0.25) is 5.78 Å². The first kappa shape index (κ1) is 7.71. The van der Waals surface area contributed by atoms with Crippen LogP contribution in [-0.2, 0) is 4.79 Å². The molecule has 0 spiro atoms. The van der Waals surface area contributed by atoms with Crippen molar-refractivity contribution in [1.82, 2.24) is 0 Å². The third kappa shape index (κ3) is 1.36. The Morgan fingerprint density at radius 1 is 1.09 bits per heavy atom. The second-order valence-corrected chi connectivity index (χ2v) is 2.28. The number of ketones is 1. The Hall–Kier alpha value is -1.39. The Morgan fingerprint density at radius 3 is 1.91 bits per heavy atom. The topological polar surface area (TPSA) is 82.2 Å². The standard InChI is InChI=1S/C6H8N2O3/c9-6-4(7-10)2-1-3-5(6)8-11/h10-11H,1-3H2/b7-4+,8-5+. The van der Waals surface area contributed by atoms with Crippen molar-refractivity contribution in [3.63, 3.8) is 0 Å². The minimum absolute atomic E-state index is 0.0732. The molecule has 0 aromatic heterocycles. The number of Topliss-reactive ketones (excluding diaryl/α,β-unsaturated/α-hetero) is 1. The maximum absolute atomic E-state index is 11.0. The van der Waals surface area contributed by atoms with Crippen molar-refractivity contribution in [2.45, 2.75) is 19.3 Å². The van der Waals surface area contributed by atoms with Crippen LogP contribution in [0.25, 0.3) is 0 Å². The molecule has 0 amide bonds. The van der Waals surface area contributed by atoms with Crippen molar-refractivity contribution in [2.24, 2.45) is 10.3 Å². The van der Waals surface area contributed by atoms with Gasteiger partial charge in [0.15, 0.2) is 0 Å². The molecule has 0 aliphatic heterocycles. The Bertz CT molecular complexity index is 210. The number of hydrogen-bond acceptors (Lipinski definition) is 5. The molecule has 0 unspecified atom stereocenters. The summed E-state index contributed by atoms with van der Waals surface area (Å²) in [5, 5.41) is 22.2. The number of carbonyl (C=O) groups is 1. The van der Waals surface area contributed by atoms with Crippen LogP contribution < -0.4 is 0 Å². The summed E-state index contributed by atoms with van der Waals surface area (Å²) in [6.45, 7) is 0. The zero-order valence-corrected chi connectivity index (χ0v) is 5.82. The average molecular weight is 156 g/mol. The van der Waals surface area contributed by atoms with Crippen molar-refractivity contribution in [1.29, 1.82) is 0 Å². The van der Waals surface area contributed by atoms with Gasteiger partial charge in [-0.2, -0.15) is 0 Å². The minimum Gasteiger partial charge on any atom is -0.411 e. The van der Waals surface area contributed by atoms with Crippen LogP contribution in [-0.4, -0.2) is 27.6 Å². The molecule has 2 N–H and O–H groups in total. The van der Waals surface area contributed by atoms with Gasteiger partial charge in [0.05, 0.1) is 0 Å². The fourth-order valence-electron chi connectivity index (χ4n) is 1.01. The van der Waals surface area contributed by atoms with E-state index in [1.807, 2.05) is 0 Å². The Labute approximate surface area is 63.0 Å². The highest BCUT2D eigenvalue weighted by atomic mass is 16.4. The molecule has 0 atom stereocenters. The maximum atomic E-state index is 11.0. The summed E-state index contributed by atoms with van der Waals surface area (Å²) in [5.74, 6) is -0.457. The van der Waals surface area contributed by atoms with Crippen molar-refractivity contribution >= 4 is 17.2 Å². The maximum Gasteiger partial charge on any atom is 0.228 e. The smallest absolute Gasteiger partial charge is 0.228 e. The molecule has 1 rings (SSSR count). The zero-order valence-electron chi connectivity index (χ0n) is 5.82. The van der Waals surface area contributed by atoms with Gasteiger partial charge in [-0.05, 0) is 19.3 Å². The van der Waals surface area contributed by atoms with E-state index in [0.717, 1.165) is 0 Å². The van der Waals surface area contributed by atoms with Gasteiger partial charge in [-0.3, -0.25) is 4.79 Å². The fraction of sp³-hybridized carbons (Fsp3) is 0.500. The van der Waals surface area contributed by atoms with E-state index in [9.17, 15) is 4.79 Å². The van der Waals surface area contributed by atoms with Crippen molar-refractivity contribution in [3.05, 3.63) is 0 Å². The van der Waals surface area contributed by atoms with E-state index >= 15 is 0 Å². The lowest BCUT2D eigenvalue weighted by atomic mass is 9.95. The fourth-order valence-corrected chi connectivity index (χ4v) is 1.01.